The minimum atomic E-state index is 0.823. The molecule has 18 heavy (non-hydrogen) atoms. The second-order valence-electron chi connectivity index (χ2n) is 4.40. The molecule has 0 aliphatic heterocycles. The Bertz CT molecular complexity index is 493. The van der Waals surface area contributed by atoms with Crippen molar-refractivity contribution < 1.29 is 0 Å². The molecule has 2 aromatic rings. The molecule has 0 aliphatic rings. The topological polar surface area (TPSA) is 30.7 Å². The van der Waals surface area contributed by atoms with Crippen LogP contribution in [0.5, 0.6) is 0 Å². The van der Waals surface area contributed by atoms with Crippen LogP contribution in [0.4, 0.5) is 0 Å². The highest BCUT2D eigenvalue weighted by Gasteiger charge is 2.04. The summed E-state index contributed by atoms with van der Waals surface area (Å²) >= 11 is 2.31. The summed E-state index contributed by atoms with van der Waals surface area (Å²) in [5, 5.41) is 4.52. The van der Waals surface area contributed by atoms with E-state index < -0.39 is 0 Å². The summed E-state index contributed by atoms with van der Waals surface area (Å²) in [6.07, 6.45) is 6.86. The highest BCUT2D eigenvalue weighted by Crippen LogP contribution is 2.17. The second kappa shape index (κ2) is 6.87. The Kier molecular flexibility index (Phi) is 5.16. The van der Waals surface area contributed by atoms with Gasteiger partial charge < -0.3 is 0 Å². The predicted molar refractivity (Wildman–Crippen MR) is 82.3 cm³/mol. The normalized spacial score (nSPS) is 10.8. The fourth-order valence-corrected chi connectivity index (χ4v) is 2.41. The van der Waals surface area contributed by atoms with Crippen LogP contribution in [0.2, 0.25) is 0 Å². The lowest BCUT2D eigenvalue weighted by Crippen LogP contribution is -1.98. The molecule has 0 fully saturated rings. The highest BCUT2D eigenvalue weighted by atomic mass is 127. The zero-order valence-electron chi connectivity index (χ0n) is 10.6. The minimum Gasteiger partial charge on any atom is -0.252 e. The van der Waals surface area contributed by atoms with Gasteiger partial charge in [0.05, 0.1) is 0 Å². The van der Waals surface area contributed by atoms with E-state index in [0.29, 0.717) is 0 Å². The van der Waals surface area contributed by atoms with E-state index in [0.717, 1.165) is 17.9 Å². The Morgan fingerprint density at radius 1 is 1.22 bits per heavy atom. The number of benzene rings is 1. The van der Waals surface area contributed by atoms with Crippen molar-refractivity contribution in [1.82, 2.24) is 14.8 Å². The number of unbranched alkanes of at least 4 members (excludes halogenated alkanes) is 3. The summed E-state index contributed by atoms with van der Waals surface area (Å²) in [5.74, 6) is 0.823. The molecule has 2 rings (SSSR count). The van der Waals surface area contributed by atoms with Gasteiger partial charge >= 0.3 is 0 Å². The van der Waals surface area contributed by atoms with Gasteiger partial charge in [0.15, 0.2) is 5.82 Å². The van der Waals surface area contributed by atoms with Crippen LogP contribution in [-0.2, 0) is 6.54 Å². The molecule has 0 atom stereocenters. The molecule has 0 spiro atoms. The molecular weight excluding hydrogens is 337 g/mol. The van der Waals surface area contributed by atoms with Gasteiger partial charge in [0.1, 0.15) is 6.33 Å². The number of aromatic nitrogens is 3. The van der Waals surface area contributed by atoms with Crippen molar-refractivity contribution in [3.8, 4) is 11.4 Å². The molecule has 1 aromatic carbocycles. The number of aryl methyl sites for hydroxylation is 1. The van der Waals surface area contributed by atoms with E-state index >= 15 is 0 Å². The van der Waals surface area contributed by atoms with Gasteiger partial charge in [-0.15, -0.1) is 0 Å². The van der Waals surface area contributed by atoms with E-state index in [4.69, 9.17) is 0 Å². The van der Waals surface area contributed by atoms with Crippen molar-refractivity contribution in [1.29, 1.82) is 0 Å². The van der Waals surface area contributed by atoms with Gasteiger partial charge in [-0.3, -0.25) is 4.68 Å². The second-order valence-corrected chi connectivity index (χ2v) is 5.65. The van der Waals surface area contributed by atoms with E-state index in [1.54, 1.807) is 0 Å². The third-order valence-corrected chi connectivity index (χ3v) is 3.53. The lowest BCUT2D eigenvalue weighted by Gasteiger charge is -1.99. The van der Waals surface area contributed by atoms with Crippen LogP contribution in [0.15, 0.2) is 30.6 Å². The molecular formula is C14H18IN3. The minimum absolute atomic E-state index is 0.823. The lowest BCUT2D eigenvalue weighted by atomic mass is 10.2. The standard InChI is InChI=1S/C14H18IN3/c1-2-3-4-5-9-18-11-16-14(17-18)12-7-6-8-13(15)10-12/h6-8,10-11H,2-5,9H2,1H3. The fraction of sp³-hybridized carbons (Fsp3) is 0.429. The van der Waals surface area contributed by atoms with Crippen molar-refractivity contribution in [3.63, 3.8) is 0 Å². The molecule has 1 heterocycles. The summed E-state index contributed by atoms with van der Waals surface area (Å²) in [6.45, 7) is 3.20. The maximum Gasteiger partial charge on any atom is 0.181 e. The molecule has 0 unspecified atom stereocenters. The van der Waals surface area contributed by atoms with Crippen molar-refractivity contribution in [2.45, 2.75) is 39.2 Å². The number of rotatable bonds is 6. The van der Waals surface area contributed by atoms with Gasteiger partial charge in [-0.25, -0.2) is 4.98 Å². The van der Waals surface area contributed by atoms with Crippen LogP contribution < -0.4 is 0 Å². The van der Waals surface area contributed by atoms with Crippen molar-refractivity contribution in [2.24, 2.45) is 0 Å². The fourth-order valence-electron chi connectivity index (χ4n) is 1.86. The Balaban J connectivity index is 1.97. The van der Waals surface area contributed by atoms with Gasteiger partial charge in [0, 0.05) is 15.7 Å². The average Bonchev–Trinajstić information content (AvgIpc) is 2.83. The molecule has 0 bridgehead atoms. The number of hydrogen-bond acceptors (Lipinski definition) is 2. The molecule has 0 aliphatic carbocycles. The van der Waals surface area contributed by atoms with Crippen LogP contribution >= 0.6 is 22.6 Å². The Labute approximate surface area is 122 Å². The van der Waals surface area contributed by atoms with Crippen LogP contribution in [0.3, 0.4) is 0 Å². The first-order chi connectivity index (χ1) is 8.79. The van der Waals surface area contributed by atoms with Crippen LogP contribution in [0.1, 0.15) is 32.6 Å². The molecule has 96 valence electrons. The van der Waals surface area contributed by atoms with E-state index in [9.17, 15) is 0 Å². The molecule has 4 heteroatoms. The van der Waals surface area contributed by atoms with Crippen LogP contribution in [-0.4, -0.2) is 14.8 Å². The Hall–Kier alpha value is -0.910. The first kappa shape index (κ1) is 13.5. The van der Waals surface area contributed by atoms with Gasteiger partial charge in [0.2, 0.25) is 0 Å². The summed E-state index contributed by atoms with van der Waals surface area (Å²) in [6, 6.07) is 8.28. The SMILES string of the molecule is CCCCCCn1cnc(-c2cccc(I)c2)n1. The summed E-state index contributed by atoms with van der Waals surface area (Å²) in [7, 11) is 0. The third kappa shape index (κ3) is 3.80. The van der Waals surface area contributed by atoms with Crippen molar-refractivity contribution in [2.75, 3.05) is 0 Å². The Morgan fingerprint density at radius 3 is 2.89 bits per heavy atom. The van der Waals surface area contributed by atoms with Gasteiger partial charge in [-0.05, 0) is 41.1 Å². The number of hydrogen-bond donors (Lipinski definition) is 0. The van der Waals surface area contributed by atoms with Gasteiger partial charge in [0.25, 0.3) is 0 Å². The molecule has 0 radical (unpaired) electrons. The molecule has 1 aromatic heterocycles. The maximum atomic E-state index is 4.52. The molecule has 0 saturated heterocycles. The van der Waals surface area contributed by atoms with Crippen molar-refractivity contribution >= 4 is 22.6 Å². The zero-order chi connectivity index (χ0) is 12.8. The quantitative estimate of drug-likeness (QED) is 0.576. The molecule has 3 nitrogen and oxygen atoms in total. The molecule has 0 N–H and O–H groups in total. The van der Waals surface area contributed by atoms with Crippen molar-refractivity contribution in [3.05, 3.63) is 34.2 Å². The van der Waals surface area contributed by atoms with Crippen LogP contribution in [0.25, 0.3) is 11.4 Å². The van der Waals surface area contributed by atoms with E-state index in [1.165, 1.54) is 29.3 Å². The van der Waals surface area contributed by atoms with E-state index in [-0.39, 0.29) is 0 Å². The molecule has 0 amide bonds. The number of nitrogens with zero attached hydrogens (tertiary/aromatic N) is 3. The average molecular weight is 355 g/mol. The number of halogens is 1. The first-order valence-electron chi connectivity index (χ1n) is 6.45. The van der Waals surface area contributed by atoms with Gasteiger partial charge in [-0.2, -0.15) is 5.10 Å². The molecule has 0 saturated carbocycles. The Morgan fingerprint density at radius 2 is 2.11 bits per heavy atom. The van der Waals surface area contributed by atoms with Gasteiger partial charge in [-0.1, -0.05) is 38.3 Å². The first-order valence-corrected chi connectivity index (χ1v) is 7.53. The van der Waals surface area contributed by atoms with Crippen LogP contribution in [0, 0.1) is 3.57 Å². The third-order valence-electron chi connectivity index (χ3n) is 2.86. The summed E-state index contributed by atoms with van der Waals surface area (Å²) in [4.78, 5) is 4.37. The monoisotopic (exact) mass is 355 g/mol. The lowest BCUT2D eigenvalue weighted by molar-refractivity contribution is 0.541. The zero-order valence-corrected chi connectivity index (χ0v) is 12.8. The maximum absolute atomic E-state index is 4.52. The van der Waals surface area contributed by atoms with E-state index in [1.807, 2.05) is 17.1 Å². The predicted octanol–water partition coefficient (Wildman–Crippen LogP) is 4.13. The van der Waals surface area contributed by atoms with E-state index in [2.05, 4.69) is 57.8 Å². The smallest absolute Gasteiger partial charge is 0.181 e. The highest BCUT2D eigenvalue weighted by molar-refractivity contribution is 14.1. The largest absolute Gasteiger partial charge is 0.252 e. The summed E-state index contributed by atoms with van der Waals surface area (Å²) < 4.78 is 3.16. The summed E-state index contributed by atoms with van der Waals surface area (Å²) in [5.41, 5.74) is 1.09.